The maximum absolute atomic E-state index is 12.0. The highest BCUT2D eigenvalue weighted by molar-refractivity contribution is 7.91. The third-order valence-corrected chi connectivity index (χ3v) is 6.53. The maximum Gasteiger partial charge on any atom is 0.244 e. The highest BCUT2D eigenvalue weighted by Crippen LogP contribution is 2.31. The molecule has 6 heteroatoms. The van der Waals surface area contributed by atoms with Crippen molar-refractivity contribution in [1.82, 2.24) is 5.43 Å². The summed E-state index contributed by atoms with van der Waals surface area (Å²) in [6.07, 6.45) is 4.24. The second-order valence-corrected chi connectivity index (χ2v) is 8.67. The van der Waals surface area contributed by atoms with Gasteiger partial charge in [-0.15, -0.1) is 0 Å². The Kier molecular flexibility index (Phi) is 4.80. The van der Waals surface area contributed by atoms with Gasteiger partial charge in [0.25, 0.3) is 0 Å². The van der Waals surface area contributed by atoms with Crippen LogP contribution >= 0.6 is 0 Å². The van der Waals surface area contributed by atoms with E-state index in [0.29, 0.717) is 12.3 Å². The molecule has 1 aromatic carbocycles. The summed E-state index contributed by atoms with van der Waals surface area (Å²) in [5, 5.41) is 4.23. The Morgan fingerprint density at radius 3 is 2.39 bits per heavy atom. The largest absolute Gasteiger partial charge is 0.273 e. The summed E-state index contributed by atoms with van der Waals surface area (Å²) < 4.78 is 22.8. The van der Waals surface area contributed by atoms with Crippen LogP contribution in [0.15, 0.2) is 35.4 Å². The fourth-order valence-electron chi connectivity index (χ4n) is 3.35. The minimum atomic E-state index is -3.03. The highest BCUT2D eigenvalue weighted by Gasteiger charge is 2.33. The first-order valence-corrected chi connectivity index (χ1v) is 9.96. The zero-order valence-electron chi connectivity index (χ0n) is 13.1. The number of nitrogens with zero attached hydrogens (tertiary/aromatic N) is 1. The van der Waals surface area contributed by atoms with E-state index in [9.17, 15) is 13.2 Å². The lowest BCUT2D eigenvalue weighted by Gasteiger charge is -2.23. The number of sulfone groups is 1. The molecule has 1 aliphatic carbocycles. The number of amides is 1. The third kappa shape index (κ3) is 4.19. The molecule has 3 rings (SSSR count). The molecule has 0 bridgehead atoms. The van der Waals surface area contributed by atoms with Crippen LogP contribution in [0.4, 0.5) is 0 Å². The van der Waals surface area contributed by atoms with Gasteiger partial charge in [0.05, 0.1) is 17.4 Å². The summed E-state index contributed by atoms with van der Waals surface area (Å²) in [5.41, 5.74) is 4.94. The minimum Gasteiger partial charge on any atom is -0.273 e. The number of benzene rings is 1. The van der Waals surface area contributed by atoms with E-state index in [2.05, 4.69) is 34.8 Å². The quantitative estimate of drug-likeness (QED) is 0.862. The smallest absolute Gasteiger partial charge is 0.244 e. The second kappa shape index (κ2) is 6.83. The normalized spacial score (nSPS) is 26.7. The summed E-state index contributed by atoms with van der Waals surface area (Å²) in [4.78, 5) is 12.0. The predicted molar refractivity (Wildman–Crippen MR) is 90.0 cm³/mol. The molecule has 1 heterocycles. The van der Waals surface area contributed by atoms with E-state index in [0.717, 1.165) is 31.4 Å². The molecule has 1 saturated heterocycles. The fraction of sp³-hybridized carbons (Fsp3) is 0.529. The van der Waals surface area contributed by atoms with Crippen LogP contribution in [0.1, 0.15) is 43.6 Å². The first-order valence-electron chi connectivity index (χ1n) is 8.14. The van der Waals surface area contributed by atoms with Gasteiger partial charge in [0.1, 0.15) is 0 Å². The molecule has 1 saturated carbocycles. The summed E-state index contributed by atoms with van der Waals surface area (Å²) in [6, 6.07) is 10.5. The van der Waals surface area contributed by atoms with Gasteiger partial charge in [-0.1, -0.05) is 30.3 Å². The Bertz CT molecular complexity index is 688. The summed E-state index contributed by atoms with van der Waals surface area (Å²) >= 11 is 0. The van der Waals surface area contributed by atoms with Crippen LogP contribution in [-0.4, -0.2) is 31.5 Å². The number of hydrogen-bond donors (Lipinski definition) is 1. The molecule has 0 spiro atoms. The van der Waals surface area contributed by atoms with E-state index in [1.54, 1.807) is 0 Å². The van der Waals surface area contributed by atoms with E-state index in [-0.39, 0.29) is 17.4 Å². The van der Waals surface area contributed by atoms with Gasteiger partial charge < -0.3 is 0 Å². The standard InChI is InChI=1S/C17H22N2O3S/c20-17(15-10-11-23(21,22)12-15)19-18-16-8-6-14(7-9-16)13-4-2-1-3-5-13/h1-5,14-15H,6-12H2,(H,19,20)/t14?,15-/m1/s1. The average molecular weight is 334 g/mol. The Labute approximate surface area is 137 Å². The Hall–Kier alpha value is -1.69. The lowest BCUT2D eigenvalue weighted by atomic mass is 9.83. The number of carbonyl (C=O) groups is 1. The van der Waals surface area contributed by atoms with Crippen LogP contribution in [0, 0.1) is 5.92 Å². The van der Waals surface area contributed by atoms with E-state index < -0.39 is 15.8 Å². The van der Waals surface area contributed by atoms with Gasteiger partial charge in [0.15, 0.2) is 9.84 Å². The molecule has 1 amide bonds. The van der Waals surface area contributed by atoms with Gasteiger partial charge in [-0.25, -0.2) is 13.8 Å². The number of carbonyl (C=O) groups excluding carboxylic acids is 1. The number of nitrogens with one attached hydrogen (secondary N) is 1. The zero-order valence-corrected chi connectivity index (χ0v) is 13.9. The monoisotopic (exact) mass is 334 g/mol. The van der Waals surface area contributed by atoms with Gasteiger partial charge >= 0.3 is 0 Å². The van der Waals surface area contributed by atoms with Crippen molar-refractivity contribution in [3.63, 3.8) is 0 Å². The van der Waals surface area contributed by atoms with Gasteiger partial charge in [0.2, 0.25) is 5.91 Å². The molecular weight excluding hydrogens is 312 g/mol. The van der Waals surface area contributed by atoms with Crippen molar-refractivity contribution in [2.75, 3.05) is 11.5 Å². The van der Waals surface area contributed by atoms with Crippen molar-refractivity contribution in [2.24, 2.45) is 11.0 Å². The fourth-order valence-corrected chi connectivity index (χ4v) is 5.09. The molecule has 2 fully saturated rings. The first kappa shape index (κ1) is 16.2. The van der Waals surface area contributed by atoms with Crippen LogP contribution in [0.2, 0.25) is 0 Å². The molecule has 1 N–H and O–H groups in total. The van der Waals surface area contributed by atoms with Gasteiger partial charge in [-0.05, 0) is 43.6 Å². The second-order valence-electron chi connectivity index (χ2n) is 6.44. The molecule has 1 atom stereocenters. The molecule has 124 valence electrons. The summed E-state index contributed by atoms with van der Waals surface area (Å²) in [7, 11) is -3.03. The molecule has 2 aliphatic rings. The molecule has 0 aromatic heterocycles. The summed E-state index contributed by atoms with van der Waals surface area (Å²) in [5.74, 6) is -0.0696. The van der Waals surface area contributed by atoms with Crippen molar-refractivity contribution in [1.29, 1.82) is 0 Å². The predicted octanol–water partition coefficient (Wildman–Crippen LogP) is 2.25. The average Bonchev–Trinajstić information content (AvgIpc) is 2.94. The molecular formula is C17H22N2O3S. The first-order chi connectivity index (χ1) is 11.0. The van der Waals surface area contributed by atoms with Crippen LogP contribution in [0.25, 0.3) is 0 Å². The van der Waals surface area contributed by atoms with Gasteiger partial charge in [0, 0.05) is 5.71 Å². The molecule has 1 aromatic rings. The number of hydrogen-bond acceptors (Lipinski definition) is 4. The number of hydrazone groups is 1. The molecule has 5 nitrogen and oxygen atoms in total. The van der Waals surface area contributed by atoms with Crippen LogP contribution in [0.5, 0.6) is 0 Å². The van der Waals surface area contributed by atoms with E-state index in [1.165, 1.54) is 5.56 Å². The Morgan fingerprint density at radius 2 is 1.78 bits per heavy atom. The lowest BCUT2D eigenvalue weighted by Crippen LogP contribution is -2.29. The van der Waals surface area contributed by atoms with Crippen molar-refractivity contribution < 1.29 is 13.2 Å². The Morgan fingerprint density at radius 1 is 1.09 bits per heavy atom. The van der Waals surface area contributed by atoms with Crippen molar-refractivity contribution in [2.45, 2.75) is 38.0 Å². The molecule has 1 aliphatic heterocycles. The van der Waals surface area contributed by atoms with Gasteiger partial charge in [-0.2, -0.15) is 5.10 Å². The van der Waals surface area contributed by atoms with E-state index in [4.69, 9.17) is 0 Å². The number of rotatable bonds is 3. The Balaban J connectivity index is 1.50. The van der Waals surface area contributed by atoms with E-state index in [1.807, 2.05) is 6.07 Å². The maximum atomic E-state index is 12.0. The van der Waals surface area contributed by atoms with Crippen molar-refractivity contribution in [3.8, 4) is 0 Å². The topological polar surface area (TPSA) is 75.6 Å². The highest BCUT2D eigenvalue weighted by atomic mass is 32.2. The molecule has 0 unspecified atom stereocenters. The minimum absolute atomic E-state index is 0.0419. The van der Waals surface area contributed by atoms with Gasteiger partial charge in [-0.3, -0.25) is 4.79 Å². The van der Waals surface area contributed by atoms with Crippen LogP contribution < -0.4 is 5.43 Å². The van der Waals surface area contributed by atoms with Crippen LogP contribution in [-0.2, 0) is 14.6 Å². The van der Waals surface area contributed by atoms with Crippen LogP contribution in [0.3, 0.4) is 0 Å². The lowest BCUT2D eigenvalue weighted by molar-refractivity contribution is -0.124. The van der Waals surface area contributed by atoms with E-state index >= 15 is 0 Å². The van der Waals surface area contributed by atoms with Crippen molar-refractivity contribution in [3.05, 3.63) is 35.9 Å². The third-order valence-electron chi connectivity index (χ3n) is 4.76. The SMILES string of the molecule is O=C(NN=C1CCC(c2ccccc2)CC1)[C@@H]1CCS(=O)(=O)C1. The summed E-state index contributed by atoms with van der Waals surface area (Å²) in [6.45, 7) is 0. The molecule has 0 radical (unpaired) electrons. The molecule has 23 heavy (non-hydrogen) atoms. The zero-order chi connectivity index (χ0) is 16.3. The van der Waals surface area contributed by atoms with Crippen molar-refractivity contribution >= 4 is 21.5 Å².